The van der Waals surface area contributed by atoms with Gasteiger partial charge in [0.1, 0.15) is 0 Å². The lowest BCUT2D eigenvalue weighted by atomic mass is 10.2. The minimum Gasteiger partial charge on any atom is -0.357 e. The molecule has 0 aliphatic carbocycles. The molecule has 0 atom stereocenters. The van der Waals surface area contributed by atoms with Gasteiger partial charge in [0.15, 0.2) is 5.78 Å². The van der Waals surface area contributed by atoms with Gasteiger partial charge in [0, 0.05) is 6.92 Å². The van der Waals surface area contributed by atoms with Crippen LogP contribution in [0, 0.1) is 0 Å². The number of carbonyl (C=O) groups excluding carboxylic acids is 1. The van der Waals surface area contributed by atoms with Crippen LogP contribution in [-0.2, 0) is 4.79 Å². The van der Waals surface area contributed by atoms with Crippen molar-refractivity contribution in [2.75, 3.05) is 0 Å². The molecule has 0 fully saturated rings. The van der Waals surface area contributed by atoms with Gasteiger partial charge in [-0.1, -0.05) is 6.58 Å². The van der Waals surface area contributed by atoms with Gasteiger partial charge >= 0.3 is 0 Å². The molecule has 0 radical (unpaired) electrons. The van der Waals surface area contributed by atoms with Crippen molar-refractivity contribution in [2.45, 2.75) is 12.7 Å². The first-order valence-electron chi connectivity index (χ1n) is 2.10. The van der Waals surface area contributed by atoms with E-state index < -0.39 is 11.6 Å². The maximum Gasteiger partial charge on any atom is 0.243 e. The number of aliphatic hydroxyl groups is 2. The van der Waals surface area contributed by atoms with Crippen molar-refractivity contribution < 1.29 is 15.0 Å². The van der Waals surface area contributed by atoms with Gasteiger partial charge in [0.2, 0.25) is 5.79 Å². The fourth-order valence-corrected chi connectivity index (χ4v) is 0.144. The minimum absolute atomic E-state index is 0.729. The van der Waals surface area contributed by atoms with Crippen molar-refractivity contribution in [1.29, 1.82) is 0 Å². The SMILES string of the molecule is C=CC(O)(O)C(C)=O. The number of ketones is 1. The van der Waals surface area contributed by atoms with Crippen molar-refractivity contribution >= 4 is 5.78 Å². The Kier molecular flexibility index (Phi) is 1.89. The normalized spacial score (nSPS) is 10.9. The van der Waals surface area contributed by atoms with Crippen molar-refractivity contribution in [3.05, 3.63) is 12.7 Å². The van der Waals surface area contributed by atoms with E-state index in [0.717, 1.165) is 13.0 Å². The average molecular weight is 116 g/mol. The van der Waals surface area contributed by atoms with Gasteiger partial charge in [-0.2, -0.15) is 0 Å². The highest BCUT2D eigenvalue weighted by molar-refractivity contribution is 5.84. The number of hydrogen-bond donors (Lipinski definition) is 2. The van der Waals surface area contributed by atoms with E-state index in [1.54, 1.807) is 0 Å². The molecular formula is C5H8O3. The average Bonchev–Trinajstić information content (AvgIpc) is 1.67. The van der Waals surface area contributed by atoms with E-state index in [9.17, 15) is 4.79 Å². The van der Waals surface area contributed by atoms with E-state index in [4.69, 9.17) is 10.2 Å². The van der Waals surface area contributed by atoms with Crippen molar-refractivity contribution in [3.63, 3.8) is 0 Å². The zero-order valence-electron chi connectivity index (χ0n) is 4.59. The van der Waals surface area contributed by atoms with Crippen LogP contribution in [0.5, 0.6) is 0 Å². The van der Waals surface area contributed by atoms with Gasteiger partial charge in [-0.15, -0.1) is 0 Å². The summed E-state index contributed by atoms with van der Waals surface area (Å²) in [6.07, 6.45) is 0.773. The van der Waals surface area contributed by atoms with Crippen LogP contribution in [0.3, 0.4) is 0 Å². The largest absolute Gasteiger partial charge is 0.357 e. The molecular weight excluding hydrogens is 108 g/mol. The lowest BCUT2D eigenvalue weighted by Gasteiger charge is -2.10. The molecule has 0 rings (SSSR count). The van der Waals surface area contributed by atoms with Gasteiger partial charge in [0.25, 0.3) is 0 Å². The molecule has 0 spiro atoms. The molecule has 46 valence electrons. The molecule has 0 aliphatic heterocycles. The Morgan fingerprint density at radius 1 is 1.75 bits per heavy atom. The Bertz CT molecular complexity index is 115. The van der Waals surface area contributed by atoms with E-state index in [0.29, 0.717) is 0 Å². The van der Waals surface area contributed by atoms with Gasteiger partial charge < -0.3 is 10.2 Å². The minimum atomic E-state index is -2.33. The van der Waals surface area contributed by atoms with Crippen molar-refractivity contribution in [3.8, 4) is 0 Å². The Balaban J connectivity index is 4.12. The second-order valence-electron chi connectivity index (χ2n) is 1.49. The number of rotatable bonds is 2. The first kappa shape index (κ1) is 7.33. The molecule has 3 heteroatoms. The predicted molar refractivity (Wildman–Crippen MR) is 28.0 cm³/mol. The Morgan fingerprint density at radius 3 is 2.12 bits per heavy atom. The summed E-state index contributed by atoms with van der Waals surface area (Å²) >= 11 is 0. The maximum absolute atomic E-state index is 10.1. The predicted octanol–water partition coefficient (Wildman–Crippen LogP) is -0.558. The zero-order chi connectivity index (χ0) is 6.78. The number of carbonyl (C=O) groups is 1. The van der Waals surface area contributed by atoms with Gasteiger partial charge in [0.05, 0.1) is 0 Å². The summed E-state index contributed by atoms with van der Waals surface area (Å²) in [5.74, 6) is -3.06. The smallest absolute Gasteiger partial charge is 0.243 e. The summed E-state index contributed by atoms with van der Waals surface area (Å²) in [5, 5.41) is 17.0. The summed E-state index contributed by atoms with van der Waals surface area (Å²) in [4.78, 5) is 10.1. The van der Waals surface area contributed by atoms with Gasteiger partial charge in [-0.25, -0.2) is 0 Å². The standard InChI is InChI=1S/C5H8O3/c1-3-5(7,8)4(2)6/h3,7-8H,1H2,2H3. The molecule has 0 aromatic heterocycles. The van der Waals surface area contributed by atoms with Crippen LogP contribution in [0.15, 0.2) is 12.7 Å². The van der Waals surface area contributed by atoms with E-state index in [-0.39, 0.29) is 0 Å². The van der Waals surface area contributed by atoms with Crippen molar-refractivity contribution in [1.82, 2.24) is 0 Å². The molecule has 0 saturated carbocycles. The topological polar surface area (TPSA) is 57.5 Å². The monoisotopic (exact) mass is 116 g/mol. The van der Waals surface area contributed by atoms with E-state index in [2.05, 4.69) is 6.58 Å². The lowest BCUT2D eigenvalue weighted by Crippen LogP contribution is -2.33. The second-order valence-corrected chi connectivity index (χ2v) is 1.49. The molecule has 0 aromatic rings. The van der Waals surface area contributed by atoms with Gasteiger partial charge in [-0.05, 0) is 6.08 Å². The molecule has 0 aromatic carbocycles. The molecule has 0 bridgehead atoms. The van der Waals surface area contributed by atoms with Crippen molar-refractivity contribution in [2.24, 2.45) is 0 Å². The van der Waals surface area contributed by atoms with Crippen LogP contribution < -0.4 is 0 Å². The van der Waals surface area contributed by atoms with Crippen LogP contribution >= 0.6 is 0 Å². The maximum atomic E-state index is 10.1. The highest BCUT2D eigenvalue weighted by Gasteiger charge is 2.23. The molecule has 0 aliphatic rings. The molecule has 3 nitrogen and oxygen atoms in total. The van der Waals surface area contributed by atoms with E-state index in [1.165, 1.54) is 0 Å². The van der Waals surface area contributed by atoms with E-state index in [1.807, 2.05) is 0 Å². The Labute approximate surface area is 47.3 Å². The highest BCUT2D eigenvalue weighted by atomic mass is 16.5. The molecule has 0 heterocycles. The van der Waals surface area contributed by atoms with E-state index >= 15 is 0 Å². The Morgan fingerprint density at radius 2 is 2.12 bits per heavy atom. The Hall–Kier alpha value is -0.670. The summed E-state index contributed by atoms with van der Waals surface area (Å²) in [5.41, 5.74) is 0. The fraction of sp³-hybridized carbons (Fsp3) is 0.400. The highest BCUT2D eigenvalue weighted by Crippen LogP contribution is 1.99. The fourth-order valence-electron chi connectivity index (χ4n) is 0.144. The molecule has 0 amide bonds. The quantitative estimate of drug-likeness (QED) is 0.375. The summed E-state index contributed by atoms with van der Waals surface area (Å²) in [7, 11) is 0. The zero-order valence-corrected chi connectivity index (χ0v) is 4.59. The lowest BCUT2D eigenvalue weighted by molar-refractivity contribution is -0.162. The third-order valence-electron chi connectivity index (χ3n) is 0.803. The molecule has 0 saturated heterocycles. The van der Waals surface area contributed by atoms with Gasteiger partial charge in [-0.3, -0.25) is 4.79 Å². The number of hydrogen-bond acceptors (Lipinski definition) is 3. The van der Waals surface area contributed by atoms with Crippen LogP contribution in [0.1, 0.15) is 6.92 Å². The van der Waals surface area contributed by atoms with Crippen LogP contribution in [0.4, 0.5) is 0 Å². The van der Waals surface area contributed by atoms with Crippen LogP contribution in [0.2, 0.25) is 0 Å². The van der Waals surface area contributed by atoms with Crippen LogP contribution in [-0.4, -0.2) is 21.8 Å². The first-order chi connectivity index (χ1) is 3.50. The third-order valence-corrected chi connectivity index (χ3v) is 0.803. The molecule has 2 N–H and O–H groups in total. The summed E-state index contributed by atoms with van der Waals surface area (Å²) < 4.78 is 0. The van der Waals surface area contributed by atoms with Crippen LogP contribution in [0.25, 0.3) is 0 Å². The summed E-state index contributed by atoms with van der Waals surface area (Å²) in [6, 6.07) is 0. The molecule has 8 heavy (non-hydrogen) atoms. The first-order valence-corrected chi connectivity index (χ1v) is 2.10. The third kappa shape index (κ3) is 1.44. The second kappa shape index (κ2) is 2.07. The summed E-state index contributed by atoms with van der Waals surface area (Å²) in [6.45, 7) is 4.10. The number of Topliss-reactive ketones (excluding diaryl/α,β-unsaturated/α-hetero) is 1. The molecule has 0 unspecified atom stereocenters.